The van der Waals surface area contributed by atoms with E-state index < -0.39 is 0 Å². The summed E-state index contributed by atoms with van der Waals surface area (Å²) in [5.41, 5.74) is 10.9. The van der Waals surface area contributed by atoms with Crippen LogP contribution in [-0.2, 0) is 6.42 Å². The molecule has 0 amide bonds. The van der Waals surface area contributed by atoms with E-state index in [1.165, 1.54) is 33.0 Å². The number of benzene rings is 4. The van der Waals surface area contributed by atoms with Crippen molar-refractivity contribution >= 4 is 60.5 Å². The van der Waals surface area contributed by atoms with Gasteiger partial charge in [-0.2, -0.15) is 0 Å². The molecule has 4 heterocycles. The predicted octanol–water partition coefficient (Wildman–Crippen LogP) is 9.57. The number of rotatable bonds is 2. The zero-order valence-corrected chi connectivity index (χ0v) is 23.6. The topological polar surface area (TPSA) is 51.6 Å². The Morgan fingerprint density at radius 3 is 1.98 bits per heavy atom. The minimum atomic E-state index is 0.442. The van der Waals surface area contributed by atoms with Gasteiger partial charge < -0.3 is 0 Å². The molecule has 0 saturated heterocycles. The van der Waals surface area contributed by atoms with Gasteiger partial charge in [0.25, 0.3) is 0 Å². The fraction of sp³-hybridized carbons (Fsp3) is 0.0769. The van der Waals surface area contributed by atoms with E-state index in [-0.39, 0.29) is 0 Å². The molecule has 9 rings (SSSR count). The quantitative estimate of drug-likeness (QED) is 0.201. The van der Waals surface area contributed by atoms with Gasteiger partial charge >= 0.3 is 0 Å². The Balaban J connectivity index is 1.36. The second-order valence-electron chi connectivity index (χ2n) is 11.5. The molecule has 0 bridgehead atoms. The van der Waals surface area contributed by atoms with Gasteiger partial charge in [0.1, 0.15) is 0 Å². The normalized spacial score (nSPS) is 14.7. The van der Waals surface area contributed by atoms with Crippen molar-refractivity contribution in [3.8, 4) is 22.3 Å². The van der Waals surface area contributed by atoms with Crippen molar-refractivity contribution in [3.63, 3.8) is 0 Å². The van der Waals surface area contributed by atoms with Gasteiger partial charge in [0.05, 0.1) is 22.1 Å². The largest absolute Gasteiger partial charge is 0.254 e. The van der Waals surface area contributed by atoms with Crippen LogP contribution < -0.4 is 0 Å². The van der Waals surface area contributed by atoms with Crippen molar-refractivity contribution in [1.29, 1.82) is 0 Å². The maximum atomic E-state index is 5.26. The van der Waals surface area contributed by atoms with Gasteiger partial charge in [-0.1, -0.05) is 91.9 Å². The van der Waals surface area contributed by atoms with Crippen molar-refractivity contribution in [2.24, 2.45) is 5.92 Å². The van der Waals surface area contributed by atoms with Crippen LogP contribution in [0.3, 0.4) is 0 Å². The van der Waals surface area contributed by atoms with Crippen LogP contribution in [0.15, 0.2) is 116 Å². The van der Waals surface area contributed by atoms with Gasteiger partial charge in [0.15, 0.2) is 0 Å². The lowest BCUT2D eigenvalue weighted by Crippen LogP contribution is -2.08. The molecular weight excluding hydrogens is 524 g/mol. The van der Waals surface area contributed by atoms with Crippen LogP contribution in [0, 0.1) is 5.92 Å². The third kappa shape index (κ3) is 3.63. The van der Waals surface area contributed by atoms with Gasteiger partial charge in [0, 0.05) is 57.0 Å². The SMILES string of the molecule is CC1C=Cc2c(nc3c(ccc4cccnc43)c2-c2ccc(-c3ccnc4c3ccc3cccnc34)c3ccccc23)C1. The molecule has 0 radical (unpaired) electrons. The summed E-state index contributed by atoms with van der Waals surface area (Å²) < 4.78 is 0. The Hall–Kier alpha value is -5.48. The maximum absolute atomic E-state index is 5.26. The van der Waals surface area contributed by atoms with Gasteiger partial charge in [0.2, 0.25) is 0 Å². The van der Waals surface area contributed by atoms with Crippen molar-refractivity contribution < 1.29 is 0 Å². The molecule has 4 aromatic carbocycles. The van der Waals surface area contributed by atoms with Gasteiger partial charge in [-0.3, -0.25) is 15.0 Å². The lowest BCUT2D eigenvalue weighted by molar-refractivity contribution is 0.702. The molecular formula is C39H26N4. The summed E-state index contributed by atoms with van der Waals surface area (Å²) in [6.45, 7) is 2.26. The standard InChI is InChI=1S/C39H26N4/c1-23-10-13-32-34(22-23)43-39-33(15-12-25-7-5-20-41-37(25)39)35(32)30-17-16-28(26-8-2-3-9-27(26)30)29-18-21-42-38-31(29)14-11-24-6-4-19-40-36(24)38/h2-21,23H,22H2,1H3. The number of aromatic nitrogens is 4. The molecule has 202 valence electrons. The molecule has 0 fully saturated rings. The molecule has 4 aromatic heterocycles. The Bertz CT molecular complexity index is 2460. The Morgan fingerprint density at radius 2 is 1.19 bits per heavy atom. The van der Waals surface area contributed by atoms with E-state index >= 15 is 0 Å². The fourth-order valence-corrected chi connectivity index (χ4v) is 6.93. The van der Waals surface area contributed by atoms with E-state index in [2.05, 4.69) is 103 Å². The van der Waals surface area contributed by atoms with Gasteiger partial charge in [-0.05, 0) is 58.0 Å². The van der Waals surface area contributed by atoms with Crippen LogP contribution in [0.4, 0.5) is 0 Å². The molecule has 0 N–H and O–H groups in total. The Labute approximate surface area is 248 Å². The minimum absolute atomic E-state index is 0.442. The first-order valence-corrected chi connectivity index (χ1v) is 14.8. The molecule has 43 heavy (non-hydrogen) atoms. The highest BCUT2D eigenvalue weighted by Gasteiger charge is 2.23. The average Bonchev–Trinajstić information content (AvgIpc) is 3.06. The number of hydrogen-bond acceptors (Lipinski definition) is 4. The molecule has 1 aliphatic rings. The molecule has 0 saturated carbocycles. The lowest BCUT2D eigenvalue weighted by Gasteiger charge is -2.22. The lowest BCUT2D eigenvalue weighted by atomic mass is 9.84. The number of pyridine rings is 4. The number of nitrogens with zero attached hydrogens (tertiary/aromatic N) is 4. The fourth-order valence-electron chi connectivity index (χ4n) is 6.93. The summed E-state index contributed by atoms with van der Waals surface area (Å²) in [6.07, 6.45) is 11.1. The van der Waals surface area contributed by atoms with E-state index in [0.29, 0.717) is 5.92 Å². The van der Waals surface area contributed by atoms with Crippen molar-refractivity contribution in [3.05, 3.63) is 127 Å². The van der Waals surface area contributed by atoms with E-state index in [9.17, 15) is 0 Å². The van der Waals surface area contributed by atoms with E-state index in [4.69, 9.17) is 15.0 Å². The minimum Gasteiger partial charge on any atom is -0.254 e. The van der Waals surface area contributed by atoms with Crippen molar-refractivity contribution in [1.82, 2.24) is 19.9 Å². The van der Waals surface area contributed by atoms with Crippen LogP contribution in [-0.4, -0.2) is 19.9 Å². The third-order valence-corrected chi connectivity index (χ3v) is 8.92. The molecule has 4 heteroatoms. The molecule has 0 aliphatic heterocycles. The summed E-state index contributed by atoms with van der Waals surface area (Å²) in [6, 6.07) is 32.4. The Kier molecular flexibility index (Phi) is 5.20. The van der Waals surface area contributed by atoms with Crippen LogP contribution >= 0.6 is 0 Å². The molecule has 1 atom stereocenters. The Morgan fingerprint density at radius 1 is 0.535 bits per heavy atom. The second kappa shape index (κ2) is 9.27. The van der Waals surface area contributed by atoms with Crippen LogP contribution in [0.5, 0.6) is 0 Å². The first kappa shape index (κ1) is 24.2. The summed E-state index contributed by atoms with van der Waals surface area (Å²) in [7, 11) is 0. The molecule has 4 nitrogen and oxygen atoms in total. The number of hydrogen-bond donors (Lipinski definition) is 0. The zero-order chi connectivity index (χ0) is 28.5. The monoisotopic (exact) mass is 550 g/mol. The summed E-state index contributed by atoms with van der Waals surface area (Å²) in [5.74, 6) is 0.442. The highest BCUT2D eigenvalue weighted by molar-refractivity contribution is 6.17. The van der Waals surface area contributed by atoms with E-state index in [0.717, 1.165) is 61.3 Å². The van der Waals surface area contributed by atoms with Gasteiger partial charge in [-0.15, -0.1) is 0 Å². The smallest absolute Gasteiger partial charge is 0.0974 e. The van der Waals surface area contributed by atoms with Crippen molar-refractivity contribution in [2.45, 2.75) is 13.3 Å². The maximum Gasteiger partial charge on any atom is 0.0974 e. The molecule has 1 unspecified atom stereocenters. The summed E-state index contributed by atoms with van der Waals surface area (Å²) in [5, 5.41) is 6.87. The van der Waals surface area contributed by atoms with Crippen LogP contribution in [0.2, 0.25) is 0 Å². The molecule has 8 aromatic rings. The van der Waals surface area contributed by atoms with Crippen LogP contribution in [0.25, 0.3) is 82.7 Å². The van der Waals surface area contributed by atoms with Crippen molar-refractivity contribution in [2.75, 3.05) is 0 Å². The highest BCUT2D eigenvalue weighted by Crippen LogP contribution is 2.44. The third-order valence-electron chi connectivity index (χ3n) is 8.92. The van der Waals surface area contributed by atoms with Gasteiger partial charge in [-0.25, -0.2) is 4.98 Å². The number of fused-ring (bicyclic) bond motifs is 8. The second-order valence-corrected chi connectivity index (χ2v) is 11.5. The molecule has 0 spiro atoms. The zero-order valence-electron chi connectivity index (χ0n) is 23.6. The van der Waals surface area contributed by atoms with E-state index in [1.54, 1.807) is 0 Å². The molecule has 1 aliphatic carbocycles. The predicted molar refractivity (Wildman–Crippen MR) is 178 cm³/mol. The van der Waals surface area contributed by atoms with Crippen LogP contribution in [0.1, 0.15) is 18.2 Å². The first-order chi connectivity index (χ1) is 21.2. The summed E-state index contributed by atoms with van der Waals surface area (Å²) in [4.78, 5) is 19.5. The first-order valence-electron chi connectivity index (χ1n) is 14.8. The number of allylic oxidation sites excluding steroid dienone is 1. The summed E-state index contributed by atoms with van der Waals surface area (Å²) >= 11 is 0. The highest BCUT2D eigenvalue weighted by atomic mass is 14.8. The van der Waals surface area contributed by atoms with E-state index in [1.807, 2.05) is 30.7 Å². The average molecular weight is 551 g/mol.